The van der Waals surface area contributed by atoms with Crippen LogP contribution in [0.4, 0.5) is 5.82 Å². The SMILES string of the molecule is CSc1nc(N)c2ncn([C@@H]3O[C@H](COP(=O)([O-])[O-])[C@@H](O)[C@H]3O)c2n1.[Na+].[Na+]. The number of imidazole rings is 1. The van der Waals surface area contributed by atoms with Gasteiger partial charge in [0.05, 0.1) is 20.8 Å². The van der Waals surface area contributed by atoms with Gasteiger partial charge < -0.3 is 39.6 Å². The molecule has 16 heteroatoms. The van der Waals surface area contributed by atoms with Crippen LogP contribution in [0.3, 0.4) is 0 Å². The van der Waals surface area contributed by atoms with Gasteiger partial charge in [0, 0.05) is 0 Å². The van der Waals surface area contributed by atoms with Crippen LogP contribution in [0, 0.1) is 0 Å². The van der Waals surface area contributed by atoms with Crippen molar-refractivity contribution in [3.05, 3.63) is 6.33 Å². The van der Waals surface area contributed by atoms with Gasteiger partial charge in [-0.05, 0) is 6.26 Å². The zero-order valence-electron chi connectivity index (χ0n) is 14.8. The summed E-state index contributed by atoms with van der Waals surface area (Å²) in [4.78, 5) is 33.5. The summed E-state index contributed by atoms with van der Waals surface area (Å²) in [6.45, 7) is -0.723. The first-order chi connectivity index (χ1) is 11.7. The third-order valence-electron chi connectivity index (χ3n) is 3.62. The topological polar surface area (TPSA) is 192 Å². The molecule has 138 valence electrons. The van der Waals surface area contributed by atoms with Crippen LogP contribution in [0.2, 0.25) is 0 Å². The number of thioether (sulfide) groups is 1. The molecule has 2 aromatic rings. The van der Waals surface area contributed by atoms with E-state index in [-0.39, 0.29) is 76.1 Å². The van der Waals surface area contributed by atoms with Crippen molar-refractivity contribution in [1.82, 2.24) is 19.5 Å². The van der Waals surface area contributed by atoms with Gasteiger partial charge in [0.25, 0.3) is 0 Å². The van der Waals surface area contributed by atoms with Crippen LogP contribution in [0.25, 0.3) is 11.2 Å². The van der Waals surface area contributed by atoms with E-state index in [2.05, 4.69) is 19.5 Å². The molecule has 1 fully saturated rings. The van der Waals surface area contributed by atoms with Gasteiger partial charge in [0.1, 0.15) is 23.8 Å². The number of phosphoric acid groups is 1. The van der Waals surface area contributed by atoms with Crippen molar-refractivity contribution in [2.75, 3.05) is 18.6 Å². The van der Waals surface area contributed by atoms with E-state index < -0.39 is 39.0 Å². The summed E-state index contributed by atoms with van der Waals surface area (Å²) in [6.07, 6.45) is -2.21. The minimum atomic E-state index is -5.23. The monoisotopic (exact) mass is 437 g/mol. The fraction of sp³-hybridized carbons (Fsp3) is 0.545. The second-order valence-corrected chi connectivity index (χ2v) is 7.13. The fourth-order valence-corrected chi connectivity index (χ4v) is 3.15. The molecule has 0 aliphatic carbocycles. The summed E-state index contributed by atoms with van der Waals surface area (Å²) < 4.78 is 21.5. The van der Waals surface area contributed by atoms with Gasteiger partial charge >= 0.3 is 59.1 Å². The van der Waals surface area contributed by atoms with E-state index >= 15 is 0 Å². The Morgan fingerprint density at radius 2 is 2.04 bits per heavy atom. The van der Waals surface area contributed by atoms with Gasteiger partial charge in [-0.3, -0.25) is 4.57 Å². The smallest absolute Gasteiger partial charge is 0.790 e. The zero-order chi connectivity index (χ0) is 18.4. The van der Waals surface area contributed by atoms with Crippen LogP contribution < -0.4 is 74.6 Å². The molecule has 0 radical (unpaired) electrons. The molecule has 27 heavy (non-hydrogen) atoms. The number of nitrogens with zero attached hydrogens (tertiary/aromatic N) is 4. The molecule has 3 rings (SSSR count). The summed E-state index contributed by atoms with van der Waals surface area (Å²) in [5.74, 6) is 0.139. The molecule has 3 heterocycles. The Morgan fingerprint density at radius 1 is 1.37 bits per heavy atom. The standard InChI is InChI=1S/C11H16N5O7PS.2Na/c1-25-11-14-8(12)5-9(15-11)16(3-13-5)10-7(18)6(17)4(23-10)2-22-24(19,20)21;;/h3-4,6-7,10,17-18H,2H2,1H3,(H2,12,14,15)(H2,19,20,21);;/q;2*+1/p-2/t4-,6-,7-,10-;;/m1../s1. The first-order valence-corrected chi connectivity index (χ1v) is 9.62. The number of nitrogen functional groups attached to an aromatic ring is 1. The number of nitrogens with two attached hydrogens (primary N) is 1. The summed E-state index contributed by atoms with van der Waals surface area (Å²) in [6, 6.07) is 0. The van der Waals surface area contributed by atoms with Crippen molar-refractivity contribution in [1.29, 1.82) is 0 Å². The number of rotatable bonds is 5. The van der Waals surface area contributed by atoms with Crippen LogP contribution in [-0.4, -0.2) is 60.9 Å². The Kier molecular flexibility index (Phi) is 9.66. The Bertz CT molecular complexity index is 839. The maximum atomic E-state index is 10.6. The number of fused-ring (bicyclic) bond motifs is 1. The number of phosphoric ester groups is 1. The fourth-order valence-electron chi connectivity index (χ4n) is 2.46. The zero-order valence-corrected chi connectivity index (χ0v) is 20.5. The second-order valence-electron chi connectivity index (χ2n) is 5.21. The predicted molar refractivity (Wildman–Crippen MR) is 81.0 cm³/mol. The van der Waals surface area contributed by atoms with E-state index in [1.54, 1.807) is 6.26 Å². The van der Waals surface area contributed by atoms with Crippen molar-refractivity contribution in [3.63, 3.8) is 0 Å². The van der Waals surface area contributed by atoms with Crippen LogP contribution in [0.15, 0.2) is 11.5 Å². The predicted octanol–water partition coefficient (Wildman–Crippen LogP) is -8.40. The number of aromatic nitrogens is 4. The van der Waals surface area contributed by atoms with Gasteiger partial charge in [-0.25, -0.2) is 15.0 Å². The normalized spacial score (nSPS) is 25.2. The molecule has 0 aromatic carbocycles. The molecule has 0 amide bonds. The maximum Gasteiger partial charge on any atom is 1.00 e. The van der Waals surface area contributed by atoms with Crippen LogP contribution in [0.1, 0.15) is 6.23 Å². The molecule has 0 bridgehead atoms. The molecule has 4 atom stereocenters. The van der Waals surface area contributed by atoms with Crippen LogP contribution in [-0.2, 0) is 13.8 Å². The van der Waals surface area contributed by atoms with Crippen LogP contribution >= 0.6 is 19.6 Å². The van der Waals surface area contributed by atoms with Crippen molar-refractivity contribution >= 4 is 36.6 Å². The van der Waals surface area contributed by atoms with Gasteiger partial charge in [0.2, 0.25) is 0 Å². The van der Waals surface area contributed by atoms with Crippen molar-refractivity contribution in [2.45, 2.75) is 29.7 Å². The second kappa shape index (κ2) is 10.1. The van der Waals surface area contributed by atoms with Crippen molar-refractivity contribution < 1.29 is 92.9 Å². The third-order valence-corrected chi connectivity index (χ3v) is 4.63. The summed E-state index contributed by atoms with van der Waals surface area (Å²) in [5, 5.41) is 20.6. The van der Waals surface area contributed by atoms with Gasteiger partial charge in [-0.15, -0.1) is 0 Å². The van der Waals surface area contributed by atoms with Gasteiger partial charge in [0.15, 0.2) is 22.8 Å². The minimum Gasteiger partial charge on any atom is -0.790 e. The van der Waals surface area contributed by atoms with Crippen molar-refractivity contribution in [3.8, 4) is 0 Å². The largest absolute Gasteiger partial charge is 1.00 e. The van der Waals surface area contributed by atoms with E-state index in [1.165, 1.54) is 22.7 Å². The number of anilines is 1. The first-order valence-electron chi connectivity index (χ1n) is 6.93. The molecule has 1 aliphatic rings. The van der Waals surface area contributed by atoms with E-state index in [1.807, 2.05) is 0 Å². The quantitative estimate of drug-likeness (QED) is 0.173. The number of hydrogen-bond acceptors (Lipinski definition) is 12. The molecule has 1 aliphatic heterocycles. The number of aliphatic hydroxyl groups excluding tert-OH is 2. The van der Waals surface area contributed by atoms with E-state index in [4.69, 9.17) is 10.5 Å². The minimum absolute atomic E-state index is 0. The van der Waals surface area contributed by atoms with E-state index in [0.29, 0.717) is 5.16 Å². The Hall–Kier alpha value is 0.690. The molecule has 0 saturated carbocycles. The van der Waals surface area contributed by atoms with Crippen molar-refractivity contribution in [2.24, 2.45) is 0 Å². The molecule has 0 unspecified atom stereocenters. The van der Waals surface area contributed by atoms with E-state index in [0.717, 1.165) is 0 Å². The third kappa shape index (κ3) is 5.64. The maximum absolute atomic E-state index is 10.6. The average molecular weight is 437 g/mol. The average Bonchev–Trinajstić information content (AvgIpc) is 3.08. The Labute approximate surface area is 202 Å². The molecule has 1 saturated heterocycles. The number of ether oxygens (including phenoxy) is 1. The number of aliphatic hydroxyl groups is 2. The van der Waals surface area contributed by atoms with E-state index in [9.17, 15) is 24.6 Å². The van der Waals surface area contributed by atoms with Gasteiger partial charge in [-0.1, -0.05) is 11.8 Å². The van der Waals surface area contributed by atoms with Gasteiger partial charge in [-0.2, -0.15) is 0 Å². The first kappa shape index (κ1) is 25.7. The summed E-state index contributed by atoms with van der Waals surface area (Å²) >= 11 is 1.25. The Balaban J connectivity index is 0.00000182. The summed E-state index contributed by atoms with van der Waals surface area (Å²) in [5.41, 5.74) is 6.37. The number of hydrogen-bond donors (Lipinski definition) is 3. The Morgan fingerprint density at radius 3 is 2.63 bits per heavy atom. The molecule has 12 nitrogen and oxygen atoms in total. The molecular weight excluding hydrogens is 423 g/mol. The molecular formula is C11H14N5Na2O7PS. The molecule has 4 N–H and O–H groups in total. The van der Waals surface area contributed by atoms with Crippen LogP contribution in [0.5, 0.6) is 0 Å². The summed E-state index contributed by atoms with van der Waals surface area (Å²) in [7, 11) is -5.23. The molecule has 0 spiro atoms. The molecule has 2 aromatic heterocycles.